The maximum absolute atomic E-state index is 12.7. The summed E-state index contributed by atoms with van der Waals surface area (Å²) in [4.78, 5) is 25.1. The summed E-state index contributed by atoms with van der Waals surface area (Å²) in [6.07, 6.45) is 54.1. The van der Waals surface area contributed by atoms with E-state index in [0.717, 1.165) is 57.8 Å². The van der Waals surface area contributed by atoms with E-state index >= 15 is 0 Å². The lowest BCUT2D eigenvalue weighted by atomic mass is 10.0. The van der Waals surface area contributed by atoms with E-state index in [9.17, 15) is 14.3 Å². The summed E-state index contributed by atoms with van der Waals surface area (Å²) in [5.41, 5.74) is 0. The molecule has 9 heteroatoms. The average molecular weight is 866 g/mol. The Labute approximate surface area is 371 Å². The lowest BCUT2D eigenvalue weighted by molar-refractivity contribution is -0.870. The van der Waals surface area contributed by atoms with Gasteiger partial charge in [-0.15, -0.1) is 0 Å². The summed E-state index contributed by atoms with van der Waals surface area (Å²) in [6.45, 7) is 5.31. The Morgan fingerprint density at radius 2 is 0.967 bits per heavy atom. The number of likely N-dealkylation sites (N-methyl/N-ethyl adjacent to an activating group) is 1. The van der Waals surface area contributed by atoms with Crippen molar-refractivity contribution >= 4 is 13.8 Å². The molecule has 0 rings (SSSR count). The Kier molecular flexibility index (Phi) is 43.0. The Morgan fingerprint density at radius 1 is 0.533 bits per heavy atom. The molecule has 0 aromatic rings. The highest BCUT2D eigenvalue weighted by Gasteiger charge is 2.20. The van der Waals surface area contributed by atoms with Crippen LogP contribution in [0.1, 0.15) is 213 Å². The van der Waals surface area contributed by atoms with E-state index < -0.39 is 13.9 Å². The number of ether oxygens (including phenoxy) is 2. The van der Waals surface area contributed by atoms with Crippen LogP contribution in [0.25, 0.3) is 0 Å². The van der Waals surface area contributed by atoms with Gasteiger partial charge in [0.1, 0.15) is 19.3 Å². The molecule has 0 saturated carbocycles. The van der Waals surface area contributed by atoms with Gasteiger partial charge in [0.15, 0.2) is 0 Å². The number of carbonyl (C=O) groups is 1. The van der Waals surface area contributed by atoms with Gasteiger partial charge < -0.3 is 27.9 Å². The molecule has 0 fully saturated rings. The molecule has 0 aromatic carbocycles. The van der Waals surface area contributed by atoms with Crippen LogP contribution in [0, 0.1) is 0 Å². The van der Waals surface area contributed by atoms with Crippen LogP contribution in [0.5, 0.6) is 0 Å². The van der Waals surface area contributed by atoms with Crippen LogP contribution in [-0.4, -0.2) is 70.7 Å². The van der Waals surface area contributed by atoms with E-state index in [2.05, 4.69) is 62.5 Å². The van der Waals surface area contributed by atoms with E-state index in [1.54, 1.807) is 0 Å². The summed E-state index contributed by atoms with van der Waals surface area (Å²) in [6, 6.07) is 0. The van der Waals surface area contributed by atoms with E-state index in [-0.39, 0.29) is 25.8 Å². The predicted molar refractivity (Wildman–Crippen MR) is 254 cm³/mol. The zero-order chi connectivity index (χ0) is 44.1. The molecule has 2 unspecified atom stereocenters. The van der Waals surface area contributed by atoms with Crippen molar-refractivity contribution in [3.63, 3.8) is 0 Å². The molecule has 352 valence electrons. The van der Waals surface area contributed by atoms with Gasteiger partial charge in [-0.2, -0.15) is 0 Å². The summed E-state index contributed by atoms with van der Waals surface area (Å²) >= 11 is 0. The Bertz CT molecular complexity index is 1100. The first-order valence-electron chi connectivity index (χ1n) is 24.9. The van der Waals surface area contributed by atoms with E-state index in [1.165, 1.54) is 135 Å². The van der Waals surface area contributed by atoms with Crippen molar-refractivity contribution in [2.75, 3.05) is 54.1 Å². The number of hydrogen-bond donors (Lipinski definition) is 0. The molecule has 0 aliphatic rings. The number of unbranched alkanes of at least 4 members (excludes halogenated alkanes) is 24. The third kappa shape index (κ3) is 47.5. The molecule has 0 N–H and O–H groups in total. The lowest BCUT2D eigenvalue weighted by Gasteiger charge is -2.28. The number of phosphoric ester groups is 1. The maximum Gasteiger partial charge on any atom is 0.306 e. The zero-order valence-corrected chi connectivity index (χ0v) is 40.8. The fourth-order valence-electron chi connectivity index (χ4n) is 6.83. The van der Waals surface area contributed by atoms with Crippen molar-refractivity contribution in [2.45, 2.75) is 219 Å². The fourth-order valence-corrected chi connectivity index (χ4v) is 7.56. The standard InChI is InChI=1S/C51H96NO7P/c1-6-8-10-12-14-16-18-20-22-24-25-26-27-28-29-31-33-35-37-39-41-43-46-56-48-50(49-58-60(54,55)57-47-45-52(3,4)5)59-51(53)44-42-40-38-36-34-32-30-23-21-19-17-15-13-11-9-7-2/h8,10,14,16,20,22,25-26,50H,6-7,9,11-13,15,17-19,21,23-24,27-49H2,1-5H3/b10-8-,16-14-,22-20-,26-25-. The minimum atomic E-state index is -4.53. The van der Waals surface area contributed by atoms with Crippen molar-refractivity contribution in [1.82, 2.24) is 0 Å². The second-order valence-electron chi connectivity index (χ2n) is 17.8. The third-order valence-electron chi connectivity index (χ3n) is 10.6. The molecule has 0 heterocycles. The van der Waals surface area contributed by atoms with Crippen molar-refractivity contribution < 1.29 is 37.3 Å². The second kappa shape index (κ2) is 44.1. The zero-order valence-electron chi connectivity index (χ0n) is 39.9. The minimum absolute atomic E-state index is 0.0250. The average Bonchev–Trinajstić information content (AvgIpc) is 3.20. The molecule has 0 bridgehead atoms. The first-order valence-corrected chi connectivity index (χ1v) is 26.3. The topological polar surface area (TPSA) is 94.1 Å². The van der Waals surface area contributed by atoms with Gasteiger partial charge in [-0.25, -0.2) is 0 Å². The van der Waals surface area contributed by atoms with Gasteiger partial charge >= 0.3 is 5.97 Å². The van der Waals surface area contributed by atoms with Crippen molar-refractivity contribution in [3.05, 3.63) is 48.6 Å². The van der Waals surface area contributed by atoms with Gasteiger partial charge in [0.25, 0.3) is 7.82 Å². The molecule has 0 aliphatic heterocycles. The fraction of sp³-hybridized carbons (Fsp3) is 0.824. The first-order chi connectivity index (χ1) is 29.1. The number of quaternary nitrogens is 1. The van der Waals surface area contributed by atoms with E-state index in [4.69, 9.17) is 18.5 Å². The van der Waals surface area contributed by atoms with Crippen LogP contribution < -0.4 is 4.89 Å². The molecular weight excluding hydrogens is 770 g/mol. The molecule has 60 heavy (non-hydrogen) atoms. The summed E-state index contributed by atoms with van der Waals surface area (Å²) in [7, 11) is 1.36. The monoisotopic (exact) mass is 866 g/mol. The van der Waals surface area contributed by atoms with Crippen molar-refractivity contribution in [2.24, 2.45) is 0 Å². The number of carbonyl (C=O) groups excluding carboxylic acids is 1. The number of hydrogen-bond acceptors (Lipinski definition) is 7. The van der Waals surface area contributed by atoms with Crippen molar-refractivity contribution in [1.29, 1.82) is 0 Å². The van der Waals surface area contributed by atoms with Crippen molar-refractivity contribution in [3.8, 4) is 0 Å². The SMILES string of the molecule is CC/C=C\C/C=C\C/C=C\C/C=C\CCCCCCCCCCCOCC(COP(=O)([O-])OCC[N+](C)(C)C)OC(=O)CCCCCCCCCCCCCCCCCC. The molecule has 2 atom stereocenters. The Balaban J connectivity index is 4.15. The molecular formula is C51H96NO7P. The smallest absolute Gasteiger partial charge is 0.306 e. The van der Waals surface area contributed by atoms with Crippen LogP contribution >= 0.6 is 7.82 Å². The quantitative estimate of drug-likeness (QED) is 0.0198. The summed E-state index contributed by atoms with van der Waals surface area (Å²) < 4.78 is 34.7. The second-order valence-corrected chi connectivity index (χ2v) is 19.2. The third-order valence-corrected chi connectivity index (χ3v) is 11.6. The predicted octanol–water partition coefficient (Wildman–Crippen LogP) is 14.5. The molecule has 0 aliphatic carbocycles. The highest BCUT2D eigenvalue weighted by Crippen LogP contribution is 2.38. The van der Waals surface area contributed by atoms with Gasteiger partial charge in [0.05, 0.1) is 34.4 Å². The van der Waals surface area contributed by atoms with Crippen LogP contribution in [0.15, 0.2) is 48.6 Å². The number of rotatable bonds is 46. The number of nitrogens with zero attached hydrogens (tertiary/aromatic N) is 1. The highest BCUT2D eigenvalue weighted by atomic mass is 31.2. The van der Waals surface area contributed by atoms with Gasteiger partial charge in [0, 0.05) is 13.0 Å². The summed E-state index contributed by atoms with van der Waals surface area (Å²) in [5.74, 6) is -0.334. The van der Waals surface area contributed by atoms with Gasteiger partial charge in [-0.1, -0.05) is 204 Å². The number of esters is 1. The van der Waals surface area contributed by atoms with E-state index in [1.807, 2.05) is 21.1 Å². The Hall–Kier alpha value is -1.54. The molecule has 0 radical (unpaired) electrons. The van der Waals surface area contributed by atoms with Crippen LogP contribution in [-0.2, 0) is 27.9 Å². The van der Waals surface area contributed by atoms with Crippen LogP contribution in [0.3, 0.4) is 0 Å². The number of phosphoric acid groups is 1. The van der Waals surface area contributed by atoms with Crippen LogP contribution in [0.4, 0.5) is 0 Å². The van der Waals surface area contributed by atoms with Crippen LogP contribution in [0.2, 0.25) is 0 Å². The lowest BCUT2D eigenvalue weighted by Crippen LogP contribution is -2.37. The molecule has 0 amide bonds. The Morgan fingerprint density at radius 3 is 1.45 bits per heavy atom. The largest absolute Gasteiger partial charge is 0.756 e. The minimum Gasteiger partial charge on any atom is -0.756 e. The normalized spacial score (nSPS) is 14.0. The van der Waals surface area contributed by atoms with Gasteiger partial charge in [-0.3, -0.25) is 9.36 Å². The maximum atomic E-state index is 12.7. The number of allylic oxidation sites excluding steroid dienone is 8. The first kappa shape index (κ1) is 58.5. The van der Waals surface area contributed by atoms with Gasteiger partial charge in [-0.05, 0) is 51.4 Å². The molecule has 0 spiro atoms. The van der Waals surface area contributed by atoms with Gasteiger partial charge in [0.2, 0.25) is 0 Å². The molecule has 0 saturated heterocycles. The molecule has 8 nitrogen and oxygen atoms in total. The highest BCUT2D eigenvalue weighted by molar-refractivity contribution is 7.45. The summed E-state index contributed by atoms with van der Waals surface area (Å²) in [5, 5.41) is 0. The van der Waals surface area contributed by atoms with E-state index in [0.29, 0.717) is 24.1 Å². The molecule has 0 aromatic heterocycles.